The SMILES string of the molecule is O=C(O)CN(CC(=O)NCCOc1ccc2c(c1)OCO2)c1ccccc1. The molecule has 27 heavy (non-hydrogen) atoms. The summed E-state index contributed by atoms with van der Waals surface area (Å²) < 4.78 is 16.1. The average molecular weight is 372 g/mol. The van der Waals surface area contributed by atoms with E-state index >= 15 is 0 Å². The lowest BCUT2D eigenvalue weighted by Gasteiger charge is -2.22. The van der Waals surface area contributed by atoms with Crippen LogP contribution in [0.15, 0.2) is 48.5 Å². The number of carbonyl (C=O) groups is 2. The number of nitrogens with zero attached hydrogens (tertiary/aromatic N) is 1. The number of anilines is 1. The van der Waals surface area contributed by atoms with Gasteiger partial charge in [-0.25, -0.2) is 0 Å². The number of amides is 1. The quantitative estimate of drug-likeness (QED) is 0.644. The van der Waals surface area contributed by atoms with E-state index in [-0.39, 0.29) is 32.4 Å². The van der Waals surface area contributed by atoms with E-state index in [2.05, 4.69) is 5.32 Å². The summed E-state index contributed by atoms with van der Waals surface area (Å²) >= 11 is 0. The van der Waals surface area contributed by atoms with Crippen LogP contribution in [-0.4, -0.2) is 50.0 Å². The van der Waals surface area contributed by atoms with E-state index in [9.17, 15) is 9.59 Å². The summed E-state index contributed by atoms with van der Waals surface area (Å²) in [6.45, 7) is 0.452. The highest BCUT2D eigenvalue weighted by Crippen LogP contribution is 2.34. The van der Waals surface area contributed by atoms with E-state index in [0.717, 1.165) is 0 Å². The monoisotopic (exact) mass is 372 g/mol. The molecule has 1 aliphatic rings. The summed E-state index contributed by atoms with van der Waals surface area (Å²) in [7, 11) is 0. The molecule has 1 aliphatic heterocycles. The number of carboxylic acid groups (broad SMARTS) is 1. The van der Waals surface area contributed by atoms with Crippen LogP contribution in [-0.2, 0) is 9.59 Å². The number of carbonyl (C=O) groups excluding carboxylic acids is 1. The standard InChI is InChI=1S/C19H20N2O6/c22-18(11-21(12-19(23)24)14-4-2-1-3-5-14)20-8-9-25-15-6-7-16-17(10-15)27-13-26-16/h1-7,10H,8-9,11-13H2,(H,20,22)(H,23,24). The topological polar surface area (TPSA) is 97.3 Å². The first-order valence-corrected chi connectivity index (χ1v) is 8.43. The van der Waals surface area contributed by atoms with Crippen LogP contribution in [0.4, 0.5) is 5.69 Å². The van der Waals surface area contributed by atoms with Gasteiger partial charge < -0.3 is 29.5 Å². The highest BCUT2D eigenvalue weighted by atomic mass is 16.7. The second-order valence-electron chi connectivity index (χ2n) is 5.80. The number of benzene rings is 2. The normalized spacial score (nSPS) is 11.7. The van der Waals surface area contributed by atoms with Gasteiger partial charge in [0, 0.05) is 11.8 Å². The summed E-state index contributed by atoms with van der Waals surface area (Å²) in [6, 6.07) is 14.2. The van der Waals surface area contributed by atoms with Crippen molar-refractivity contribution in [1.29, 1.82) is 0 Å². The number of nitrogens with one attached hydrogen (secondary N) is 1. The number of hydrogen-bond donors (Lipinski definition) is 2. The van der Waals surface area contributed by atoms with Crippen LogP contribution in [0.3, 0.4) is 0 Å². The Morgan fingerprint density at radius 2 is 1.85 bits per heavy atom. The number of aliphatic carboxylic acids is 1. The van der Waals surface area contributed by atoms with Crippen LogP contribution in [0.5, 0.6) is 17.2 Å². The van der Waals surface area contributed by atoms with E-state index < -0.39 is 5.97 Å². The Morgan fingerprint density at radius 3 is 2.63 bits per heavy atom. The Morgan fingerprint density at radius 1 is 1.07 bits per heavy atom. The van der Waals surface area contributed by atoms with E-state index in [1.807, 2.05) is 6.07 Å². The highest BCUT2D eigenvalue weighted by molar-refractivity contribution is 5.84. The van der Waals surface area contributed by atoms with Crippen LogP contribution in [0.1, 0.15) is 0 Å². The van der Waals surface area contributed by atoms with Gasteiger partial charge >= 0.3 is 5.97 Å². The summed E-state index contributed by atoms with van der Waals surface area (Å²) in [4.78, 5) is 24.7. The van der Waals surface area contributed by atoms with Crippen molar-refractivity contribution >= 4 is 17.6 Å². The lowest BCUT2D eigenvalue weighted by atomic mass is 10.3. The average Bonchev–Trinajstić information content (AvgIpc) is 3.13. The number of ether oxygens (including phenoxy) is 3. The molecular formula is C19H20N2O6. The molecule has 0 bridgehead atoms. The van der Waals surface area contributed by atoms with Crippen molar-refractivity contribution in [2.75, 3.05) is 37.9 Å². The molecule has 3 rings (SSSR count). The lowest BCUT2D eigenvalue weighted by Crippen LogP contribution is -2.41. The lowest BCUT2D eigenvalue weighted by molar-refractivity contribution is -0.135. The van der Waals surface area contributed by atoms with Gasteiger partial charge in [-0.1, -0.05) is 18.2 Å². The third-order valence-electron chi connectivity index (χ3n) is 3.82. The minimum Gasteiger partial charge on any atom is -0.492 e. The molecule has 0 saturated heterocycles. The molecule has 0 aliphatic carbocycles. The maximum atomic E-state index is 12.1. The predicted molar refractivity (Wildman–Crippen MR) is 97.4 cm³/mol. The molecule has 2 aromatic carbocycles. The predicted octanol–water partition coefficient (Wildman–Crippen LogP) is 1.50. The second kappa shape index (κ2) is 8.79. The first-order valence-electron chi connectivity index (χ1n) is 8.43. The van der Waals surface area contributed by atoms with Crippen LogP contribution in [0.25, 0.3) is 0 Å². The van der Waals surface area contributed by atoms with Gasteiger partial charge in [0.25, 0.3) is 0 Å². The van der Waals surface area contributed by atoms with Crippen LogP contribution < -0.4 is 24.4 Å². The van der Waals surface area contributed by atoms with Crippen molar-refractivity contribution < 1.29 is 28.9 Å². The summed E-state index contributed by atoms with van der Waals surface area (Å²) in [6.07, 6.45) is 0. The van der Waals surface area contributed by atoms with Gasteiger partial charge in [0.2, 0.25) is 12.7 Å². The number of fused-ring (bicyclic) bond motifs is 1. The smallest absolute Gasteiger partial charge is 0.323 e. The fourth-order valence-electron chi connectivity index (χ4n) is 2.60. The third-order valence-corrected chi connectivity index (χ3v) is 3.82. The summed E-state index contributed by atoms with van der Waals surface area (Å²) in [5.41, 5.74) is 0.673. The van der Waals surface area contributed by atoms with Gasteiger partial charge in [0.15, 0.2) is 11.5 Å². The Labute approximate surface area is 156 Å². The van der Waals surface area contributed by atoms with Gasteiger partial charge in [-0.05, 0) is 24.3 Å². The molecule has 0 spiro atoms. The van der Waals surface area contributed by atoms with E-state index in [0.29, 0.717) is 29.5 Å². The van der Waals surface area contributed by atoms with E-state index in [1.165, 1.54) is 4.90 Å². The molecule has 8 heteroatoms. The largest absolute Gasteiger partial charge is 0.492 e. The van der Waals surface area contributed by atoms with Crippen molar-refractivity contribution in [3.8, 4) is 17.2 Å². The second-order valence-corrected chi connectivity index (χ2v) is 5.80. The first kappa shape index (κ1) is 18.4. The Bertz CT molecular complexity index is 796. The van der Waals surface area contributed by atoms with Crippen molar-refractivity contribution in [3.05, 3.63) is 48.5 Å². The van der Waals surface area contributed by atoms with Gasteiger partial charge in [0.1, 0.15) is 18.9 Å². The molecule has 0 fully saturated rings. The minimum absolute atomic E-state index is 0.0552. The minimum atomic E-state index is -1.00. The number of hydrogen-bond acceptors (Lipinski definition) is 6. The zero-order valence-corrected chi connectivity index (χ0v) is 14.6. The van der Waals surface area contributed by atoms with Crippen molar-refractivity contribution in [1.82, 2.24) is 5.32 Å². The molecule has 0 radical (unpaired) electrons. The molecule has 1 amide bonds. The van der Waals surface area contributed by atoms with Crippen molar-refractivity contribution in [2.24, 2.45) is 0 Å². The van der Waals surface area contributed by atoms with Gasteiger partial charge in [-0.15, -0.1) is 0 Å². The molecule has 0 saturated carbocycles. The molecule has 0 unspecified atom stereocenters. The molecule has 1 heterocycles. The number of para-hydroxylation sites is 1. The van der Waals surface area contributed by atoms with Crippen molar-refractivity contribution in [2.45, 2.75) is 0 Å². The van der Waals surface area contributed by atoms with E-state index in [4.69, 9.17) is 19.3 Å². The summed E-state index contributed by atoms with van der Waals surface area (Å²) in [5.74, 6) is 0.635. The summed E-state index contributed by atoms with van der Waals surface area (Å²) in [5, 5.41) is 11.8. The van der Waals surface area contributed by atoms with Crippen LogP contribution >= 0.6 is 0 Å². The third kappa shape index (κ3) is 5.27. The molecule has 2 N–H and O–H groups in total. The number of rotatable bonds is 9. The molecule has 142 valence electrons. The fourth-order valence-corrected chi connectivity index (χ4v) is 2.60. The highest BCUT2D eigenvalue weighted by Gasteiger charge is 2.15. The first-order chi connectivity index (χ1) is 13.1. The Balaban J connectivity index is 1.44. The molecular weight excluding hydrogens is 352 g/mol. The Hall–Kier alpha value is -3.42. The molecule has 0 aromatic heterocycles. The van der Waals surface area contributed by atoms with Crippen molar-refractivity contribution in [3.63, 3.8) is 0 Å². The van der Waals surface area contributed by atoms with Gasteiger partial charge in [-0.2, -0.15) is 0 Å². The molecule has 2 aromatic rings. The molecule has 0 atom stereocenters. The maximum Gasteiger partial charge on any atom is 0.323 e. The van der Waals surface area contributed by atoms with Gasteiger partial charge in [-0.3, -0.25) is 9.59 Å². The van der Waals surface area contributed by atoms with Gasteiger partial charge in [0.05, 0.1) is 13.1 Å². The Kier molecular flexibility index (Phi) is 5.98. The van der Waals surface area contributed by atoms with Crippen LogP contribution in [0, 0.1) is 0 Å². The zero-order valence-electron chi connectivity index (χ0n) is 14.6. The van der Waals surface area contributed by atoms with E-state index in [1.54, 1.807) is 42.5 Å². The number of carboxylic acids is 1. The maximum absolute atomic E-state index is 12.1. The van der Waals surface area contributed by atoms with Crippen LogP contribution in [0.2, 0.25) is 0 Å². The zero-order chi connectivity index (χ0) is 19.1. The molecule has 8 nitrogen and oxygen atoms in total. The fraction of sp³-hybridized carbons (Fsp3) is 0.263.